The van der Waals surface area contributed by atoms with Crippen LogP contribution in [0.15, 0.2) is 82.8 Å². The first kappa shape index (κ1) is 60.5. The quantitative estimate of drug-likeness (QED) is 0.0542. The number of aliphatic hydroxyl groups excluding tert-OH is 4. The number of allylic oxidation sites excluding steroid dienone is 2. The number of aromatic nitrogens is 2. The average molecular weight is 1000 g/mol. The molecule has 18 nitrogen and oxygen atoms in total. The van der Waals surface area contributed by atoms with Crippen LogP contribution in [0.5, 0.6) is 0 Å². The largest absolute Gasteiger partial charge is 2.00 e. The van der Waals surface area contributed by atoms with Crippen LogP contribution in [0.25, 0.3) is 23.0 Å². The average Bonchev–Trinajstić information content (AvgIpc) is 3.19. The van der Waals surface area contributed by atoms with Crippen LogP contribution in [0.1, 0.15) is 76.1 Å². The Kier molecular flexibility index (Phi) is 25.4. The normalized spacial score (nSPS) is 14.4. The van der Waals surface area contributed by atoms with E-state index in [9.17, 15) is 65.8 Å². The fourth-order valence-corrected chi connectivity index (χ4v) is 6.18. The van der Waals surface area contributed by atoms with Crippen molar-refractivity contribution in [1.29, 1.82) is 0 Å². The van der Waals surface area contributed by atoms with Crippen molar-refractivity contribution in [3.63, 3.8) is 0 Å². The maximum absolute atomic E-state index is 13.5. The molecule has 4 atom stereocenters. The van der Waals surface area contributed by atoms with Crippen LogP contribution in [0.4, 0.5) is 14.7 Å². The Morgan fingerprint density at radius 2 is 1.27 bits per heavy atom. The van der Waals surface area contributed by atoms with Crippen LogP contribution in [-0.4, -0.2) is 164 Å². The van der Waals surface area contributed by atoms with E-state index in [2.05, 4.69) is 20.0 Å². The molecule has 0 fully saturated rings. The molecule has 0 saturated heterocycles. The molecule has 67 heavy (non-hydrogen) atoms. The van der Waals surface area contributed by atoms with Crippen molar-refractivity contribution in [2.45, 2.75) is 83.7 Å². The minimum absolute atomic E-state index is 0. The van der Waals surface area contributed by atoms with Gasteiger partial charge in [-0.25, -0.2) is 54.2 Å². The van der Waals surface area contributed by atoms with Crippen molar-refractivity contribution >= 4 is 99.6 Å². The van der Waals surface area contributed by atoms with Gasteiger partial charge in [-0.05, 0) is 66.4 Å². The summed E-state index contributed by atoms with van der Waals surface area (Å²) in [6.07, 6.45) is 3.98. The number of carbonyl (C=O) groups excluding carboxylic acids is 2. The van der Waals surface area contributed by atoms with Crippen LogP contribution >= 0.6 is 0 Å². The standard InChI is InChI=1S/C22H28FN3O6S.C22H30FN3O6S.Ca/c1-13(2)20-18(10-9-16(27)11-17(28)12-19(29)30)21(14-5-7-15(23)8-6-14)25-22(24-20)26(3)33(4,31)32;1-15(2)14-24-22(26(3)33(4,31)32)25-20(16-8-10-17(23)11-9-16)7-5-6-18(27)12-19(28)13-21(29)30;/h5-10,13,16-17,27-28H,11-12H2,1-4H3,(H,29,30);5-11,14-15,18-19,27-28H,12-13H2,1-4H3,(H,29,30);/q;;+2/p-2. The fraction of sp³-hybridized carbons (Fsp3) is 0.409. The maximum atomic E-state index is 13.5. The molecule has 0 aliphatic heterocycles. The SMILES string of the molecule is CC(C)C=NC(=NC(=CC=CC(O)CC(O)CC(=O)[O-])c1ccc(F)cc1)N(C)S(C)(=O)=O.CC(C)c1nc(N(C)S(C)(=O)=O)nc(-c2ccc(F)cc2)c1C=CC(O)CC(O)CC(=O)[O-].[Ca+2]. The predicted molar refractivity (Wildman–Crippen MR) is 249 cm³/mol. The second-order valence-corrected chi connectivity index (χ2v) is 19.6. The van der Waals surface area contributed by atoms with E-state index >= 15 is 0 Å². The van der Waals surface area contributed by atoms with Gasteiger partial charge in [0.25, 0.3) is 0 Å². The van der Waals surface area contributed by atoms with Crippen molar-refractivity contribution in [1.82, 2.24) is 14.3 Å². The van der Waals surface area contributed by atoms with Crippen molar-refractivity contribution in [2.75, 3.05) is 30.9 Å². The minimum atomic E-state index is -3.68. The number of carbonyl (C=O) groups is 2. The van der Waals surface area contributed by atoms with Gasteiger partial charge in [-0.1, -0.05) is 52.0 Å². The van der Waals surface area contributed by atoms with Gasteiger partial charge in [-0.15, -0.1) is 0 Å². The molecule has 3 rings (SSSR count). The van der Waals surface area contributed by atoms with E-state index in [1.807, 2.05) is 27.7 Å². The van der Waals surface area contributed by atoms with E-state index in [-0.39, 0.29) is 80.0 Å². The number of aliphatic carboxylic acids is 2. The number of anilines is 1. The van der Waals surface area contributed by atoms with Crippen molar-refractivity contribution in [2.24, 2.45) is 15.9 Å². The maximum Gasteiger partial charge on any atom is 2.00 e. The molecule has 4 N–H and O–H groups in total. The summed E-state index contributed by atoms with van der Waals surface area (Å²) >= 11 is 0. The number of carboxylic acids is 2. The minimum Gasteiger partial charge on any atom is -0.550 e. The Hall–Kier alpha value is -4.52. The molecule has 0 bridgehead atoms. The second-order valence-electron chi connectivity index (χ2n) is 15.6. The molecular formula is C44H56CaF2N6O12S2. The Bertz CT molecular complexity index is 2490. The first-order valence-electron chi connectivity index (χ1n) is 20.2. The van der Waals surface area contributed by atoms with Crippen LogP contribution in [0.3, 0.4) is 0 Å². The van der Waals surface area contributed by atoms with E-state index in [1.165, 1.54) is 99.2 Å². The topological polar surface area (TPSA) is 286 Å². The van der Waals surface area contributed by atoms with Crippen molar-refractivity contribution in [3.8, 4) is 11.3 Å². The number of rotatable bonds is 20. The van der Waals surface area contributed by atoms with Crippen LogP contribution < -0.4 is 14.5 Å². The Morgan fingerprint density at radius 3 is 1.72 bits per heavy atom. The summed E-state index contributed by atoms with van der Waals surface area (Å²) in [5, 5.41) is 60.7. The zero-order valence-electron chi connectivity index (χ0n) is 38.4. The third kappa shape index (κ3) is 22.0. The van der Waals surface area contributed by atoms with Crippen LogP contribution in [-0.2, 0) is 29.6 Å². The summed E-state index contributed by atoms with van der Waals surface area (Å²) in [6.45, 7) is 7.41. The zero-order valence-corrected chi connectivity index (χ0v) is 42.2. The van der Waals surface area contributed by atoms with Gasteiger partial charge in [0.1, 0.15) is 11.6 Å². The molecule has 3 aromatic rings. The summed E-state index contributed by atoms with van der Waals surface area (Å²) in [6, 6.07) is 10.8. The molecule has 0 aliphatic rings. The molecule has 0 spiro atoms. The van der Waals surface area contributed by atoms with Gasteiger partial charge in [0.2, 0.25) is 32.0 Å². The summed E-state index contributed by atoms with van der Waals surface area (Å²) in [4.78, 5) is 38.5. The first-order valence-corrected chi connectivity index (χ1v) is 23.9. The van der Waals surface area contributed by atoms with E-state index in [4.69, 9.17) is 0 Å². The first-order chi connectivity index (χ1) is 30.6. The number of hydrogen-bond acceptors (Lipinski definition) is 15. The third-order valence-corrected chi connectivity index (χ3v) is 11.3. The van der Waals surface area contributed by atoms with Crippen molar-refractivity contribution < 1.29 is 65.8 Å². The van der Waals surface area contributed by atoms with Gasteiger partial charge < -0.3 is 40.2 Å². The molecule has 1 aromatic heterocycles. The number of benzene rings is 2. The van der Waals surface area contributed by atoms with Crippen LogP contribution in [0, 0.1) is 17.6 Å². The number of hydrogen-bond donors (Lipinski definition) is 4. The van der Waals surface area contributed by atoms with Gasteiger partial charge in [0.05, 0.1) is 54.0 Å². The number of halogens is 2. The van der Waals surface area contributed by atoms with E-state index in [1.54, 1.807) is 0 Å². The summed E-state index contributed by atoms with van der Waals surface area (Å²) in [5.41, 5.74) is 2.43. The second kappa shape index (κ2) is 28.1. The van der Waals surface area contributed by atoms with Gasteiger partial charge in [-0.3, -0.25) is 0 Å². The van der Waals surface area contributed by atoms with Gasteiger partial charge in [0, 0.05) is 74.6 Å². The number of sulfonamides is 2. The number of guanidine groups is 1. The zero-order chi connectivity index (χ0) is 50.1. The van der Waals surface area contributed by atoms with Gasteiger partial charge >= 0.3 is 37.7 Å². The van der Waals surface area contributed by atoms with E-state index < -0.39 is 80.9 Å². The molecule has 2 aromatic carbocycles. The summed E-state index contributed by atoms with van der Waals surface area (Å²) in [5.74, 6) is -4.15. The molecule has 362 valence electrons. The number of carboxylic acid groups (broad SMARTS) is 2. The molecule has 1 heterocycles. The fourth-order valence-electron chi connectivity index (χ4n) is 5.42. The molecule has 4 unspecified atom stereocenters. The van der Waals surface area contributed by atoms with E-state index in [0.29, 0.717) is 28.1 Å². The molecule has 0 aliphatic carbocycles. The number of aliphatic hydroxyl groups is 4. The van der Waals surface area contributed by atoms with Gasteiger partial charge in [-0.2, -0.15) is 0 Å². The smallest absolute Gasteiger partial charge is 0.550 e. The molecule has 0 amide bonds. The van der Waals surface area contributed by atoms with Crippen LogP contribution in [0.2, 0.25) is 0 Å². The molecule has 0 radical (unpaired) electrons. The molecular weight excluding hydrogens is 947 g/mol. The summed E-state index contributed by atoms with van der Waals surface area (Å²) < 4.78 is 77.0. The molecule has 23 heteroatoms. The third-order valence-electron chi connectivity index (χ3n) is 8.94. The Balaban J connectivity index is 0.000000660. The van der Waals surface area contributed by atoms with Gasteiger partial charge in [0.15, 0.2) is 0 Å². The summed E-state index contributed by atoms with van der Waals surface area (Å²) in [7, 11) is -4.72. The number of nitrogens with zero attached hydrogens (tertiary/aromatic N) is 6. The monoisotopic (exact) mass is 1000 g/mol. The van der Waals surface area contributed by atoms with E-state index in [0.717, 1.165) is 21.1 Å². The predicted octanol–water partition coefficient (Wildman–Crippen LogP) is 1.64. The Morgan fingerprint density at radius 1 is 0.776 bits per heavy atom. The molecule has 0 saturated carbocycles. The number of aliphatic imine (C=N–C) groups is 2. The van der Waals surface area contributed by atoms with Crippen molar-refractivity contribution in [3.05, 3.63) is 101 Å². The Labute approximate surface area is 420 Å².